The van der Waals surface area contributed by atoms with Crippen molar-refractivity contribution in [3.8, 4) is 0 Å². The molecule has 2 rings (SSSR count). The highest BCUT2D eigenvalue weighted by Gasteiger charge is 2.09. The van der Waals surface area contributed by atoms with Gasteiger partial charge in [0.1, 0.15) is 5.82 Å². The van der Waals surface area contributed by atoms with E-state index in [9.17, 15) is 9.18 Å². The number of nitrogens with one attached hydrogen (secondary N) is 1. The summed E-state index contributed by atoms with van der Waals surface area (Å²) in [5.41, 5.74) is 3.87. The molecule has 21 heavy (non-hydrogen) atoms. The standard InChI is InChI=1S/C17H17BrFNO/c1-11-9-14(18)10-12(2)17(11)20-16(21)8-5-13-3-6-15(19)7-4-13/h3-4,6-7,9-10H,5,8H2,1-2H3,(H,20,21). The van der Waals surface area contributed by atoms with Gasteiger partial charge in [-0.1, -0.05) is 28.1 Å². The molecule has 0 aromatic heterocycles. The third-order valence-electron chi connectivity index (χ3n) is 3.32. The maximum atomic E-state index is 12.8. The zero-order chi connectivity index (χ0) is 15.4. The fourth-order valence-corrected chi connectivity index (χ4v) is 2.91. The highest BCUT2D eigenvalue weighted by atomic mass is 79.9. The number of amides is 1. The van der Waals surface area contributed by atoms with Crippen LogP contribution in [0.25, 0.3) is 0 Å². The molecule has 0 bridgehead atoms. The van der Waals surface area contributed by atoms with Crippen molar-refractivity contribution >= 4 is 27.5 Å². The minimum Gasteiger partial charge on any atom is -0.326 e. The highest BCUT2D eigenvalue weighted by molar-refractivity contribution is 9.10. The third kappa shape index (κ3) is 4.39. The molecule has 0 saturated heterocycles. The fourth-order valence-electron chi connectivity index (χ4n) is 2.22. The van der Waals surface area contributed by atoms with Crippen LogP contribution in [0.2, 0.25) is 0 Å². The summed E-state index contributed by atoms with van der Waals surface area (Å²) in [6, 6.07) is 10.2. The first-order valence-electron chi connectivity index (χ1n) is 6.77. The smallest absolute Gasteiger partial charge is 0.224 e. The van der Waals surface area contributed by atoms with Crippen molar-refractivity contribution in [2.45, 2.75) is 26.7 Å². The average Bonchev–Trinajstić information content (AvgIpc) is 2.42. The van der Waals surface area contributed by atoms with Crippen LogP contribution in [0.5, 0.6) is 0 Å². The summed E-state index contributed by atoms with van der Waals surface area (Å²) in [6.45, 7) is 3.93. The van der Waals surface area contributed by atoms with E-state index < -0.39 is 0 Å². The van der Waals surface area contributed by atoms with Gasteiger partial charge in [0, 0.05) is 16.6 Å². The zero-order valence-electron chi connectivity index (χ0n) is 12.0. The quantitative estimate of drug-likeness (QED) is 0.845. The SMILES string of the molecule is Cc1cc(Br)cc(C)c1NC(=O)CCc1ccc(F)cc1. The van der Waals surface area contributed by atoms with E-state index in [1.165, 1.54) is 12.1 Å². The molecule has 0 fully saturated rings. The Kier molecular flexibility index (Phi) is 5.12. The first-order chi connectivity index (χ1) is 9.95. The molecule has 0 heterocycles. The van der Waals surface area contributed by atoms with Crippen molar-refractivity contribution < 1.29 is 9.18 Å². The summed E-state index contributed by atoms with van der Waals surface area (Å²) in [4.78, 5) is 12.0. The van der Waals surface area contributed by atoms with Crippen LogP contribution in [0.1, 0.15) is 23.1 Å². The topological polar surface area (TPSA) is 29.1 Å². The van der Waals surface area contributed by atoms with Gasteiger partial charge in [-0.3, -0.25) is 4.79 Å². The summed E-state index contributed by atoms with van der Waals surface area (Å²) in [5, 5.41) is 2.95. The lowest BCUT2D eigenvalue weighted by Gasteiger charge is -2.12. The molecule has 110 valence electrons. The molecule has 2 nitrogen and oxygen atoms in total. The fraction of sp³-hybridized carbons (Fsp3) is 0.235. The molecular weight excluding hydrogens is 333 g/mol. The molecule has 0 saturated carbocycles. The summed E-state index contributed by atoms with van der Waals surface area (Å²) >= 11 is 3.44. The molecule has 1 amide bonds. The Bertz CT molecular complexity index is 629. The normalized spacial score (nSPS) is 10.5. The van der Waals surface area contributed by atoms with E-state index in [1.54, 1.807) is 12.1 Å². The van der Waals surface area contributed by atoms with E-state index in [0.29, 0.717) is 12.8 Å². The maximum Gasteiger partial charge on any atom is 0.224 e. The molecule has 4 heteroatoms. The van der Waals surface area contributed by atoms with Crippen molar-refractivity contribution in [2.24, 2.45) is 0 Å². The molecular formula is C17H17BrFNO. The van der Waals surface area contributed by atoms with Gasteiger partial charge in [-0.15, -0.1) is 0 Å². The second-order valence-corrected chi connectivity index (χ2v) is 6.00. The van der Waals surface area contributed by atoms with Crippen molar-refractivity contribution in [1.29, 1.82) is 0 Å². The van der Waals surface area contributed by atoms with Gasteiger partial charge in [-0.05, 0) is 61.2 Å². The lowest BCUT2D eigenvalue weighted by molar-refractivity contribution is -0.116. The van der Waals surface area contributed by atoms with Crippen LogP contribution in [-0.2, 0) is 11.2 Å². The van der Waals surface area contributed by atoms with Gasteiger partial charge < -0.3 is 5.32 Å². The predicted octanol–water partition coefficient (Wildman–Crippen LogP) is 4.78. The minimum absolute atomic E-state index is 0.0344. The Morgan fingerprint density at radius 2 is 1.71 bits per heavy atom. The van der Waals surface area contributed by atoms with Crippen molar-refractivity contribution in [2.75, 3.05) is 5.32 Å². The summed E-state index contributed by atoms with van der Waals surface area (Å²) in [7, 11) is 0. The molecule has 0 spiro atoms. The lowest BCUT2D eigenvalue weighted by atomic mass is 10.1. The molecule has 0 atom stereocenters. The van der Waals surface area contributed by atoms with Gasteiger partial charge in [0.15, 0.2) is 0 Å². The number of benzene rings is 2. The van der Waals surface area contributed by atoms with Gasteiger partial charge in [0.2, 0.25) is 5.91 Å². The van der Waals surface area contributed by atoms with Crippen LogP contribution < -0.4 is 5.32 Å². The zero-order valence-corrected chi connectivity index (χ0v) is 13.6. The van der Waals surface area contributed by atoms with E-state index in [2.05, 4.69) is 21.2 Å². The molecule has 0 aliphatic rings. The number of hydrogen-bond donors (Lipinski definition) is 1. The summed E-state index contributed by atoms with van der Waals surface area (Å²) in [5.74, 6) is -0.294. The van der Waals surface area contributed by atoms with Gasteiger partial charge in [0.05, 0.1) is 0 Å². The van der Waals surface area contributed by atoms with E-state index in [0.717, 1.165) is 26.9 Å². The van der Waals surface area contributed by atoms with E-state index >= 15 is 0 Å². The van der Waals surface area contributed by atoms with Gasteiger partial charge in [0.25, 0.3) is 0 Å². The van der Waals surface area contributed by atoms with Crippen LogP contribution in [-0.4, -0.2) is 5.91 Å². The first-order valence-corrected chi connectivity index (χ1v) is 7.56. The number of hydrogen-bond acceptors (Lipinski definition) is 1. The molecule has 0 unspecified atom stereocenters. The van der Waals surface area contributed by atoms with Crippen molar-refractivity contribution in [3.05, 3.63) is 63.4 Å². The largest absolute Gasteiger partial charge is 0.326 e. The Hall–Kier alpha value is -1.68. The number of halogens is 2. The Balaban J connectivity index is 1.97. The van der Waals surface area contributed by atoms with Crippen molar-refractivity contribution in [3.63, 3.8) is 0 Å². The van der Waals surface area contributed by atoms with Gasteiger partial charge in [-0.2, -0.15) is 0 Å². The molecule has 0 aliphatic heterocycles. The Morgan fingerprint density at radius 3 is 2.29 bits per heavy atom. The molecule has 0 aliphatic carbocycles. The Morgan fingerprint density at radius 1 is 1.14 bits per heavy atom. The van der Waals surface area contributed by atoms with E-state index in [4.69, 9.17) is 0 Å². The average molecular weight is 350 g/mol. The maximum absolute atomic E-state index is 12.8. The van der Waals surface area contributed by atoms with Gasteiger partial charge >= 0.3 is 0 Å². The first kappa shape index (κ1) is 15.7. The van der Waals surface area contributed by atoms with Crippen molar-refractivity contribution in [1.82, 2.24) is 0 Å². The van der Waals surface area contributed by atoms with Crippen LogP contribution in [0.15, 0.2) is 40.9 Å². The highest BCUT2D eigenvalue weighted by Crippen LogP contribution is 2.25. The monoisotopic (exact) mass is 349 g/mol. The second kappa shape index (κ2) is 6.85. The molecule has 1 N–H and O–H groups in total. The summed E-state index contributed by atoms with van der Waals surface area (Å²) in [6.07, 6.45) is 0.974. The van der Waals surface area contributed by atoms with E-state index in [1.807, 2.05) is 26.0 Å². The lowest BCUT2D eigenvalue weighted by Crippen LogP contribution is -2.14. The predicted molar refractivity (Wildman–Crippen MR) is 87.0 cm³/mol. The minimum atomic E-state index is -0.260. The molecule has 0 radical (unpaired) electrons. The van der Waals surface area contributed by atoms with Crippen LogP contribution >= 0.6 is 15.9 Å². The number of rotatable bonds is 4. The second-order valence-electron chi connectivity index (χ2n) is 5.09. The van der Waals surface area contributed by atoms with Gasteiger partial charge in [-0.25, -0.2) is 4.39 Å². The van der Waals surface area contributed by atoms with Crippen LogP contribution in [0.3, 0.4) is 0 Å². The molecule has 2 aromatic rings. The van der Waals surface area contributed by atoms with Crippen LogP contribution in [0.4, 0.5) is 10.1 Å². The number of carbonyl (C=O) groups is 1. The Labute approximate surface area is 132 Å². The third-order valence-corrected chi connectivity index (χ3v) is 3.77. The van der Waals surface area contributed by atoms with Crippen LogP contribution in [0, 0.1) is 19.7 Å². The number of carbonyl (C=O) groups excluding carboxylic acids is 1. The summed E-state index contributed by atoms with van der Waals surface area (Å²) < 4.78 is 13.8. The van der Waals surface area contributed by atoms with E-state index in [-0.39, 0.29) is 11.7 Å². The number of aryl methyl sites for hydroxylation is 3. The molecule has 2 aromatic carbocycles. The number of anilines is 1.